The highest BCUT2D eigenvalue weighted by molar-refractivity contribution is 5.41. The van der Waals surface area contributed by atoms with Crippen LogP contribution >= 0.6 is 0 Å². The van der Waals surface area contributed by atoms with Gasteiger partial charge in [-0.15, -0.1) is 0 Å². The third kappa shape index (κ3) is 2.54. The quantitative estimate of drug-likeness (QED) is 0.773. The normalized spacial score (nSPS) is 17.3. The Morgan fingerprint density at radius 3 is 1.79 bits per heavy atom. The fourth-order valence-corrected chi connectivity index (χ4v) is 3.70. The van der Waals surface area contributed by atoms with Gasteiger partial charge in [-0.1, -0.05) is 84.9 Å². The van der Waals surface area contributed by atoms with Crippen LogP contribution in [0.25, 0.3) is 0 Å². The van der Waals surface area contributed by atoms with Crippen molar-refractivity contribution in [3.05, 3.63) is 107 Å². The van der Waals surface area contributed by atoms with Crippen molar-refractivity contribution in [1.29, 1.82) is 0 Å². The van der Waals surface area contributed by atoms with Gasteiger partial charge < -0.3 is 10.4 Å². The van der Waals surface area contributed by atoms with E-state index in [2.05, 4.69) is 29.6 Å². The van der Waals surface area contributed by atoms with Crippen LogP contribution < -0.4 is 5.32 Å². The Balaban J connectivity index is 1.80. The van der Waals surface area contributed by atoms with Crippen LogP contribution in [0, 0.1) is 0 Å². The number of nitrogens with one attached hydrogen (secondary N) is 1. The van der Waals surface area contributed by atoms with Crippen molar-refractivity contribution in [3.63, 3.8) is 0 Å². The number of rotatable bonds is 3. The van der Waals surface area contributed by atoms with E-state index in [0.29, 0.717) is 0 Å². The lowest BCUT2D eigenvalue weighted by Gasteiger charge is -2.40. The number of benzene rings is 3. The Labute approximate surface area is 142 Å². The third-order valence-corrected chi connectivity index (χ3v) is 5.01. The molecule has 0 unspecified atom stereocenters. The summed E-state index contributed by atoms with van der Waals surface area (Å²) in [4.78, 5) is 0. The first-order valence-electron chi connectivity index (χ1n) is 8.42. The Bertz CT molecular complexity index is 774. The molecule has 0 saturated heterocycles. The average Bonchev–Trinajstić information content (AvgIpc) is 2.68. The molecule has 2 nitrogen and oxygen atoms in total. The van der Waals surface area contributed by atoms with E-state index in [0.717, 1.165) is 24.1 Å². The van der Waals surface area contributed by atoms with E-state index < -0.39 is 5.60 Å². The summed E-state index contributed by atoms with van der Waals surface area (Å²) in [5.41, 5.74) is 3.42. The van der Waals surface area contributed by atoms with Crippen molar-refractivity contribution >= 4 is 0 Å². The second-order valence-electron chi connectivity index (χ2n) is 6.40. The van der Waals surface area contributed by atoms with Gasteiger partial charge in [0.25, 0.3) is 0 Å². The molecule has 24 heavy (non-hydrogen) atoms. The molecule has 2 heteroatoms. The highest BCUT2D eigenvalue weighted by atomic mass is 16.3. The highest BCUT2D eigenvalue weighted by Crippen LogP contribution is 2.36. The molecule has 0 bridgehead atoms. The molecule has 0 aromatic heterocycles. The molecule has 0 amide bonds. The number of aliphatic hydroxyl groups is 1. The van der Waals surface area contributed by atoms with Gasteiger partial charge in [-0.3, -0.25) is 0 Å². The summed E-state index contributed by atoms with van der Waals surface area (Å²) in [5.74, 6) is 0. The maximum Gasteiger partial charge on any atom is 0.130 e. The minimum atomic E-state index is -1.06. The first kappa shape index (κ1) is 15.1. The maximum absolute atomic E-state index is 11.8. The van der Waals surface area contributed by atoms with Gasteiger partial charge in [0.15, 0.2) is 0 Å². The van der Waals surface area contributed by atoms with Crippen LogP contribution in [0.4, 0.5) is 0 Å². The number of hydrogen-bond acceptors (Lipinski definition) is 2. The van der Waals surface area contributed by atoms with Crippen LogP contribution in [0.3, 0.4) is 0 Å². The van der Waals surface area contributed by atoms with Crippen LogP contribution in [0.15, 0.2) is 84.9 Å². The SMILES string of the molecule is OC(c1ccccc1)(c1ccccc1)[C@@H]1Cc2ccccc2CN1. The second-order valence-corrected chi connectivity index (χ2v) is 6.40. The van der Waals surface area contributed by atoms with E-state index in [1.807, 2.05) is 60.7 Å². The molecule has 4 rings (SSSR count). The summed E-state index contributed by atoms with van der Waals surface area (Å²) in [6.45, 7) is 0.781. The molecule has 0 aliphatic carbocycles. The van der Waals surface area contributed by atoms with Crippen LogP contribution in [-0.2, 0) is 18.6 Å². The average molecular weight is 315 g/mol. The minimum Gasteiger partial charge on any atom is -0.379 e. The summed E-state index contributed by atoms with van der Waals surface area (Å²) >= 11 is 0. The molecule has 1 heterocycles. The maximum atomic E-state index is 11.8. The van der Waals surface area contributed by atoms with Gasteiger partial charge in [-0.2, -0.15) is 0 Å². The van der Waals surface area contributed by atoms with Gasteiger partial charge in [-0.05, 0) is 28.7 Å². The molecule has 120 valence electrons. The van der Waals surface area contributed by atoms with E-state index in [1.54, 1.807) is 0 Å². The highest BCUT2D eigenvalue weighted by Gasteiger charge is 2.41. The van der Waals surface area contributed by atoms with Crippen molar-refractivity contribution in [1.82, 2.24) is 5.32 Å². The van der Waals surface area contributed by atoms with Crippen molar-refractivity contribution in [3.8, 4) is 0 Å². The van der Waals surface area contributed by atoms with E-state index in [9.17, 15) is 5.11 Å². The van der Waals surface area contributed by atoms with Gasteiger partial charge in [0.05, 0.1) is 0 Å². The van der Waals surface area contributed by atoms with Crippen molar-refractivity contribution in [2.45, 2.75) is 24.6 Å². The zero-order valence-corrected chi connectivity index (χ0v) is 13.5. The molecule has 3 aromatic carbocycles. The molecular formula is C22H21NO. The fourth-order valence-electron chi connectivity index (χ4n) is 3.70. The molecule has 2 N–H and O–H groups in total. The monoisotopic (exact) mass is 315 g/mol. The summed E-state index contributed by atoms with van der Waals surface area (Å²) in [6.07, 6.45) is 0.802. The van der Waals surface area contributed by atoms with Gasteiger partial charge in [-0.25, -0.2) is 0 Å². The molecular weight excluding hydrogens is 294 g/mol. The predicted molar refractivity (Wildman–Crippen MR) is 96.7 cm³/mol. The van der Waals surface area contributed by atoms with Crippen molar-refractivity contribution in [2.24, 2.45) is 0 Å². The summed E-state index contributed by atoms with van der Waals surface area (Å²) < 4.78 is 0. The van der Waals surface area contributed by atoms with Gasteiger partial charge >= 0.3 is 0 Å². The van der Waals surface area contributed by atoms with Gasteiger partial charge in [0.1, 0.15) is 5.60 Å². The van der Waals surface area contributed by atoms with Crippen LogP contribution in [0.2, 0.25) is 0 Å². The number of fused-ring (bicyclic) bond motifs is 1. The standard InChI is InChI=1S/C22H21NO/c24-22(19-11-3-1-4-12-19,20-13-5-2-6-14-20)21-15-17-9-7-8-10-18(17)16-23-21/h1-14,21,23-24H,15-16H2/t21-/m0/s1. The molecule has 1 aliphatic heterocycles. The molecule has 0 spiro atoms. The molecule has 0 radical (unpaired) electrons. The Kier molecular flexibility index (Phi) is 3.93. The second kappa shape index (κ2) is 6.23. The van der Waals surface area contributed by atoms with E-state index in [4.69, 9.17) is 0 Å². The Morgan fingerprint density at radius 2 is 1.21 bits per heavy atom. The fraction of sp³-hybridized carbons (Fsp3) is 0.182. The molecule has 3 aromatic rings. The van der Waals surface area contributed by atoms with E-state index in [1.165, 1.54) is 11.1 Å². The largest absolute Gasteiger partial charge is 0.379 e. The van der Waals surface area contributed by atoms with Crippen LogP contribution in [-0.4, -0.2) is 11.1 Å². The lowest BCUT2D eigenvalue weighted by molar-refractivity contribution is 0.0337. The van der Waals surface area contributed by atoms with Crippen molar-refractivity contribution in [2.75, 3.05) is 0 Å². The molecule has 0 saturated carbocycles. The topological polar surface area (TPSA) is 32.3 Å². The Hall–Kier alpha value is -2.42. The Morgan fingerprint density at radius 1 is 0.708 bits per heavy atom. The summed E-state index contributed by atoms with van der Waals surface area (Å²) in [7, 11) is 0. The predicted octanol–water partition coefficient (Wildman–Crippen LogP) is 3.64. The lowest BCUT2D eigenvalue weighted by Crippen LogP contribution is -2.52. The van der Waals surface area contributed by atoms with E-state index >= 15 is 0 Å². The molecule has 0 fully saturated rings. The van der Waals surface area contributed by atoms with Crippen LogP contribution in [0.5, 0.6) is 0 Å². The van der Waals surface area contributed by atoms with Gasteiger partial charge in [0, 0.05) is 12.6 Å². The molecule has 1 atom stereocenters. The smallest absolute Gasteiger partial charge is 0.130 e. The minimum absolute atomic E-state index is 0.0720. The van der Waals surface area contributed by atoms with E-state index in [-0.39, 0.29) is 6.04 Å². The zero-order chi connectivity index (χ0) is 16.4. The first-order chi connectivity index (χ1) is 11.8. The molecule has 1 aliphatic rings. The van der Waals surface area contributed by atoms with Crippen LogP contribution in [0.1, 0.15) is 22.3 Å². The zero-order valence-electron chi connectivity index (χ0n) is 13.5. The third-order valence-electron chi connectivity index (χ3n) is 5.01. The van der Waals surface area contributed by atoms with Gasteiger partial charge in [0.2, 0.25) is 0 Å². The lowest BCUT2D eigenvalue weighted by atomic mass is 9.76. The van der Waals surface area contributed by atoms with Crippen molar-refractivity contribution < 1.29 is 5.11 Å². The number of hydrogen-bond donors (Lipinski definition) is 2. The summed E-state index contributed by atoms with van der Waals surface area (Å²) in [6, 6.07) is 28.3. The summed E-state index contributed by atoms with van der Waals surface area (Å²) in [5, 5.41) is 15.4. The first-order valence-corrected chi connectivity index (χ1v) is 8.42.